The van der Waals surface area contributed by atoms with Gasteiger partial charge in [0.05, 0.1) is 0 Å². The van der Waals surface area contributed by atoms with Gasteiger partial charge in [0.1, 0.15) is 0 Å². The molecule has 1 atom stereocenters. The summed E-state index contributed by atoms with van der Waals surface area (Å²) in [5.74, 6) is 0. The van der Waals surface area contributed by atoms with E-state index in [0.29, 0.717) is 6.04 Å². The molecule has 6 heteroatoms. The van der Waals surface area contributed by atoms with Crippen LogP contribution in [0.4, 0.5) is 0 Å². The number of rotatable bonds is 3. The SMILES string of the molecule is Cl.Clc1ccc(Cl)c(CN2CCNCC2c2cccnc2)c1. The lowest BCUT2D eigenvalue weighted by molar-refractivity contribution is 0.153. The molecule has 1 aromatic carbocycles. The van der Waals surface area contributed by atoms with E-state index in [9.17, 15) is 0 Å². The number of piperazine rings is 1. The van der Waals surface area contributed by atoms with Crippen LogP contribution < -0.4 is 5.32 Å². The Morgan fingerprint density at radius 3 is 2.91 bits per heavy atom. The highest BCUT2D eigenvalue weighted by molar-refractivity contribution is 6.33. The molecule has 1 N–H and O–H groups in total. The fraction of sp³-hybridized carbons (Fsp3) is 0.312. The summed E-state index contributed by atoms with van der Waals surface area (Å²) in [5.41, 5.74) is 2.29. The van der Waals surface area contributed by atoms with Crippen molar-refractivity contribution in [3.8, 4) is 0 Å². The number of benzene rings is 1. The Hall–Kier alpha value is -0.840. The summed E-state index contributed by atoms with van der Waals surface area (Å²) in [7, 11) is 0. The predicted octanol–water partition coefficient (Wildman–Crippen LogP) is 3.96. The lowest BCUT2D eigenvalue weighted by Crippen LogP contribution is -2.45. The third-order valence-corrected chi connectivity index (χ3v) is 4.41. The van der Waals surface area contributed by atoms with Crippen molar-refractivity contribution in [1.82, 2.24) is 15.2 Å². The molecule has 1 aromatic heterocycles. The van der Waals surface area contributed by atoms with Crippen molar-refractivity contribution < 1.29 is 0 Å². The quantitative estimate of drug-likeness (QED) is 0.900. The van der Waals surface area contributed by atoms with Crippen LogP contribution >= 0.6 is 35.6 Å². The minimum Gasteiger partial charge on any atom is -0.314 e. The van der Waals surface area contributed by atoms with E-state index in [0.717, 1.165) is 41.8 Å². The molecule has 3 rings (SSSR count). The summed E-state index contributed by atoms with van der Waals surface area (Å²) in [6, 6.07) is 10.0. The Morgan fingerprint density at radius 1 is 1.27 bits per heavy atom. The first-order chi connectivity index (χ1) is 10.2. The molecule has 1 unspecified atom stereocenters. The summed E-state index contributed by atoms with van der Waals surface area (Å²) in [4.78, 5) is 6.65. The molecule has 0 spiro atoms. The molecule has 118 valence electrons. The van der Waals surface area contributed by atoms with Gasteiger partial charge in [0, 0.05) is 54.7 Å². The summed E-state index contributed by atoms with van der Waals surface area (Å²) >= 11 is 12.4. The zero-order chi connectivity index (χ0) is 14.7. The number of aromatic nitrogens is 1. The van der Waals surface area contributed by atoms with Gasteiger partial charge in [-0.15, -0.1) is 12.4 Å². The molecule has 0 saturated carbocycles. The third-order valence-electron chi connectivity index (χ3n) is 3.80. The molecule has 1 fully saturated rings. The Balaban J connectivity index is 0.00000176. The van der Waals surface area contributed by atoms with Crippen molar-refractivity contribution in [1.29, 1.82) is 0 Å². The lowest BCUT2D eigenvalue weighted by atomic mass is 10.0. The molecule has 3 nitrogen and oxygen atoms in total. The zero-order valence-corrected chi connectivity index (χ0v) is 14.3. The first-order valence-corrected chi connectivity index (χ1v) is 7.78. The molecule has 1 aliphatic rings. The summed E-state index contributed by atoms with van der Waals surface area (Å²) in [6.45, 7) is 3.67. The minimum absolute atomic E-state index is 0. The van der Waals surface area contributed by atoms with Gasteiger partial charge in [-0.2, -0.15) is 0 Å². The van der Waals surface area contributed by atoms with Gasteiger partial charge in [-0.1, -0.05) is 29.3 Å². The predicted molar refractivity (Wildman–Crippen MR) is 94.0 cm³/mol. The van der Waals surface area contributed by atoms with Gasteiger partial charge in [-0.25, -0.2) is 0 Å². The molecular weight excluding hydrogens is 341 g/mol. The van der Waals surface area contributed by atoms with E-state index in [4.69, 9.17) is 23.2 Å². The Kier molecular flexibility index (Phi) is 6.48. The fourth-order valence-corrected chi connectivity index (χ4v) is 3.09. The van der Waals surface area contributed by atoms with Crippen LogP contribution in [0, 0.1) is 0 Å². The number of nitrogens with zero attached hydrogens (tertiary/aromatic N) is 2. The average Bonchev–Trinajstić information content (AvgIpc) is 2.52. The van der Waals surface area contributed by atoms with Crippen LogP contribution in [-0.2, 0) is 6.54 Å². The Labute approximate surface area is 147 Å². The van der Waals surface area contributed by atoms with Crippen LogP contribution in [0.2, 0.25) is 10.0 Å². The zero-order valence-electron chi connectivity index (χ0n) is 12.0. The summed E-state index contributed by atoms with van der Waals surface area (Å²) in [5, 5.41) is 4.94. The first-order valence-electron chi connectivity index (χ1n) is 7.02. The van der Waals surface area contributed by atoms with E-state index in [1.54, 1.807) is 6.20 Å². The number of hydrogen-bond acceptors (Lipinski definition) is 3. The first kappa shape index (κ1) is 17.5. The molecule has 1 saturated heterocycles. The van der Waals surface area contributed by atoms with Gasteiger partial charge in [-0.3, -0.25) is 9.88 Å². The number of nitrogens with one attached hydrogen (secondary N) is 1. The maximum absolute atomic E-state index is 6.30. The number of pyridine rings is 1. The monoisotopic (exact) mass is 357 g/mol. The normalized spacial score (nSPS) is 18.7. The largest absolute Gasteiger partial charge is 0.314 e. The van der Waals surface area contributed by atoms with Gasteiger partial charge in [0.2, 0.25) is 0 Å². The summed E-state index contributed by atoms with van der Waals surface area (Å²) in [6.07, 6.45) is 3.74. The van der Waals surface area contributed by atoms with Crippen LogP contribution in [0.15, 0.2) is 42.7 Å². The van der Waals surface area contributed by atoms with Crippen molar-refractivity contribution >= 4 is 35.6 Å². The second kappa shape index (κ2) is 8.14. The van der Waals surface area contributed by atoms with Gasteiger partial charge < -0.3 is 5.32 Å². The van der Waals surface area contributed by atoms with E-state index in [1.807, 2.05) is 30.5 Å². The van der Waals surface area contributed by atoms with Gasteiger partial charge >= 0.3 is 0 Å². The molecule has 0 bridgehead atoms. The molecule has 0 amide bonds. The standard InChI is InChI=1S/C16H17Cl2N3.ClH/c17-14-3-4-15(18)13(8-14)11-21-7-6-20-10-16(21)12-2-1-5-19-9-12;/h1-5,8-9,16,20H,6-7,10-11H2;1H. The lowest BCUT2D eigenvalue weighted by Gasteiger charge is -2.36. The third kappa shape index (κ3) is 4.12. The molecule has 0 aliphatic carbocycles. The van der Waals surface area contributed by atoms with Gasteiger partial charge in [0.25, 0.3) is 0 Å². The molecule has 2 aromatic rings. The van der Waals surface area contributed by atoms with Gasteiger partial charge in [0.15, 0.2) is 0 Å². The van der Waals surface area contributed by atoms with Crippen LogP contribution in [0.3, 0.4) is 0 Å². The molecular formula is C16H18Cl3N3. The topological polar surface area (TPSA) is 28.2 Å². The van der Waals surface area contributed by atoms with E-state index < -0.39 is 0 Å². The van der Waals surface area contributed by atoms with Crippen molar-refractivity contribution in [2.24, 2.45) is 0 Å². The average molecular weight is 359 g/mol. The minimum atomic E-state index is 0. The Bertz CT molecular complexity index is 607. The van der Waals surface area contributed by atoms with Crippen molar-refractivity contribution in [3.05, 3.63) is 63.9 Å². The molecule has 0 radical (unpaired) electrons. The van der Waals surface area contributed by atoms with Crippen LogP contribution in [-0.4, -0.2) is 29.5 Å². The van der Waals surface area contributed by atoms with E-state index in [1.165, 1.54) is 5.56 Å². The number of halogens is 3. The van der Waals surface area contributed by atoms with Crippen molar-refractivity contribution in [2.75, 3.05) is 19.6 Å². The fourth-order valence-electron chi connectivity index (χ4n) is 2.72. The molecule has 22 heavy (non-hydrogen) atoms. The highest BCUT2D eigenvalue weighted by atomic mass is 35.5. The summed E-state index contributed by atoms with van der Waals surface area (Å²) < 4.78 is 0. The molecule has 2 heterocycles. The van der Waals surface area contributed by atoms with Crippen molar-refractivity contribution in [2.45, 2.75) is 12.6 Å². The Morgan fingerprint density at radius 2 is 2.14 bits per heavy atom. The highest BCUT2D eigenvalue weighted by Gasteiger charge is 2.24. The maximum atomic E-state index is 6.30. The van der Waals surface area contributed by atoms with E-state index >= 15 is 0 Å². The molecule has 1 aliphatic heterocycles. The second-order valence-corrected chi connectivity index (χ2v) is 6.06. The second-order valence-electron chi connectivity index (χ2n) is 5.21. The highest BCUT2D eigenvalue weighted by Crippen LogP contribution is 2.27. The van der Waals surface area contributed by atoms with E-state index in [-0.39, 0.29) is 12.4 Å². The maximum Gasteiger partial charge on any atom is 0.0492 e. The van der Waals surface area contributed by atoms with Crippen LogP contribution in [0.1, 0.15) is 17.2 Å². The van der Waals surface area contributed by atoms with Crippen LogP contribution in [0.5, 0.6) is 0 Å². The van der Waals surface area contributed by atoms with Gasteiger partial charge in [-0.05, 0) is 35.4 Å². The van der Waals surface area contributed by atoms with Crippen molar-refractivity contribution in [3.63, 3.8) is 0 Å². The van der Waals surface area contributed by atoms with E-state index in [2.05, 4.69) is 21.3 Å². The van der Waals surface area contributed by atoms with Crippen LogP contribution in [0.25, 0.3) is 0 Å². The number of hydrogen-bond donors (Lipinski definition) is 1. The smallest absolute Gasteiger partial charge is 0.0492 e.